The van der Waals surface area contributed by atoms with E-state index < -0.39 is 0 Å². The Balaban J connectivity index is 3.50. The first-order valence-electron chi connectivity index (χ1n) is 10.2. The third kappa shape index (κ3) is 4.77. The first-order chi connectivity index (χ1) is 12.0. The van der Waals surface area contributed by atoms with Crippen LogP contribution < -0.4 is 11.5 Å². The lowest BCUT2D eigenvalue weighted by Gasteiger charge is -2.37. The number of nitrogens with two attached hydrogens (primary N) is 2. The number of hydrogen-bond donors (Lipinski definition) is 3. The Kier molecular flexibility index (Phi) is 8.95. The predicted molar refractivity (Wildman–Crippen MR) is 109 cm³/mol. The molecule has 0 bridgehead atoms. The van der Waals surface area contributed by atoms with Crippen molar-refractivity contribution in [1.82, 2.24) is 0 Å². The molecule has 0 aliphatic carbocycles. The number of phenolic OH excluding ortho intramolecular Hbond substituents is 1. The van der Waals surface area contributed by atoms with Crippen LogP contribution in [0.1, 0.15) is 90.2 Å². The summed E-state index contributed by atoms with van der Waals surface area (Å²) in [6.45, 7) is 10.1. The molecule has 3 nitrogen and oxygen atoms in total. The van der Waals surface area contributed by atoms with Gasteiger partial charge in [0, 0.05) is 29.5 Å². The molecule has 1 aromatic rings. The van der Waals surface area contributed by atoms with Crippen molar-refractivity contribution in [2.75, 3.05) is 13.1 Å². The van der Waals surface area contributed by atoms with Crippen molar-refractivity contribution in [3.63, 3.8) is 0 Å². The lowest BCUT2D eigenvalue weighted by Crippen LogP contribution is -2.37. The van der Waals surface area contributed by atoms with E-state index in [4.69, 9.17) is 11.5 Å². The minimum absolute atomic E-state index is 0.00468. The topological polar surface area (TPSA) is 72.3 Å². The molecule has 144 valence electrons. The Morgan fingerprint density at radius 3 is 1.60 bits per heavy atom. The number of rotatable bonds is 12. The van der Waals surface area contributed by atoms with Crippen molar-refractivity contribution in [3.8, 4) is 5.75 Å². The molecule has 0 spiro atoms. The summed E-state index contributed by atoms with van der Waals surface area (Å²) in [5.41, 5.74) is 14.7. The zero-order chi connectivity index (χ0) is 18.9. The number of benzene rings is 1. The molecule has 1 aromatic carbocycles. The van der Waals surface area contributed by atoms with Crippen LogP contribution in [0.2, 0.25) is 0 Å². The minimum Gasteiger partial charge on any atom is -0.508 e. The van der Waals surface area contributed by atoms with Gasteiger partial charge in [0.2, 0.25) is 0 Å². The summed E-state index contributed by atoms with van der Waals surface area (Å²) in [7, 11) is 0. The maximum Gasteiger partial charge on any atom is 0.119 e. The van der Waals surface area contributed by atoms with E-state index in [1.807, 2.05) is 6.07 Å². The monoisotopic (exact) mass is 348 g/mol. The minimum atomic E-state index is -0.137. The zero-order valence-corrected chi connectivity index (χ0v) is 16.9. The van der Waals surface area contributed by atoms with Crippen molar-refractivity contribution in [1.29, 1.82) is 0 Å². The third-order valence-corrected chi connectivity index (χ3v) is 5.88. The summed E-state index contributed by atoms with van der Waals surface area (Å²) in [6, 6.07) is 6.18. The number of phenols is 1. The van der Waals surface area contributed by atoms with E-state index in [-0.39, 0.29) is 10.8 Å². The Hall–Kier alpha value is -1.06. The van der Waals surface area contributed by atoms with Crippen LogP contribution in [0.3, 0.4) is 0 Å². The summed E-state index contributed by atoms with van der Waals surface area (Å²) in [6.07, 6.45) is 8.52. The summed E-state index contributed by atoms with van der Waals surface area (Å²) >= 11 is 0. The molecular formula is C22H40N2O. The second-order valence-electron chi connectivity index (χ2n) is 7.70. The highest BCUT2D eigenvalue weighted by atomic mass is 16.3. The van der Waals surface area contributed by atoms with Crippen LogP contribution in [0.25, 0.3) is 0 Å². The quantitative estimate of drug-likeness (QED) is 0.498. The fourth-order valence-electron chi connectivity index (χ4n) is 4.65. The fraction of sp³-hybridized carbons (Fsp3) is 0.727. The smallest absolute Gasteiger partial charge is 0.119 e. The predicted octanol–water partition coefficient (Wildman–Crippen LogP) is 4.99. The summed E-state index contributed by atoms with van der Waals surface area (Å²) in [5.74, 6) is 0.384. The molecule has 0 fully saturated rings. The molecule has 25 heavy (non-hydrogen) atoms. The molecular weight excluding hydrogens is 308 g/mol. The molecule has 0 unspecified atom stereocenters. The van der Waals surface area contributed by atoms with Crippen molar-refractivity contribution in [2.45, 2.75) is 89.9 Å². The second kappa shape index (κ2) is 10.2. The SMILES string of the molecule is CCCC(CN)(CCC)c1ccc(O)c(C(CN)(CCC)CCC)c1. The molecule has 0 aliphatic heterocycles. The van der Waals surface area contributed by atoms with Crippen LogP contribution in [-0.4, -0.2) is 18.2 Å². The maximum absolute atomic E-state index is 10.7. The van der Waals surface area contributed by atoms with E-state index in [2.05, 4.69) is 39.8 Å². The van der Waals surface area contributed by atoms with Gasteiger partial charge in [0.15, 0.2) is 0 Å². The molecule has 3 heteroatoms. The highest BCUT2D eigenvalue weighted by Crippen LogP contribution is 2.42. The number of hydrogen-bond acceptors (Lipinski definition) is 3. The lowest BCUT2D eigenvalue weighted by molar-refractivity contribution is 0.339. The van der Waals surface area contributed by atoms with E-state index >= 15 is 0 Å². The normalized spacial score (nSPS) is 12.6. The van der Waals surface area contributed by atoms with Gasteiger partial charge in [0.25, 0.3) is 0 Å². The highest BCUT2D eigenvalue weighted by Gasteiger charge is 2.35. The van der Waals surface area contributed by atoms with E-state index in [9.17, 15) is 5.11 Å². The summed E-state index contributed by atoms with van der Waals surface area (Å²) < 4.78 is 0. The second-order valence-corrected chi connectivity index (χ2v) is 7.70. The average molecular weight is 349 g/mol. The van der Waals surface area contributed by atoms with Crippen LogP contribution in [0.4, 0.5) is 0 Å². The highest BCUT2D eigenvalue weighted by molar-refractivity contribution is 5.44. The summed E-state index contributed by atoms with van der Waals surface area (Å²) in [4.78, 5) is 0. The van der Waals surface area contributed by atoms with Crippen molar-refractivity contribution >= 4 is 0 Å². The Morgan fingerprint density at radius 2 is 1.20 bits per heavy atom. The van der Waals surface area contributed by atoms with E-state index in [1.165, 1.54) is 5.56 Å². The maximum atomic E-state index is 10.7. The van der Waals surface area contributed by atoms with Gasteiger partial charge < -0.3 is 16.6 Å². The van der Waals surface area contributed by atoms with Crippen LogP contribution in [0, 0.1) is 0 Å². The standard InChI is InChI=1S/C22H40N2O/c1-5-11-21(16-23,12-6-2)18-9-10-20(25)19(15-18)22(17-24,13-7-3)14-8-4/h9-10,15,25H,5-8,11-14,16-17,23-24H2,1-4H3. The fourth-order valence-corrected chi connectivity index (χ4v) is 4.65. The van der Waals surface area contributed by atoms with Crippen LogP contribution in [0.15, 0.2) is 18.2 Å². The van der Waals surface area contributed by atoms with Gasteiger partial charge in [-0.1, -0.05) is 65.5 Å². The summed E-state index contributed by atoms with van der Waals surface area (Å²) in [5, 5.41) is 10.7. The molecule has 0 amide bonds. The molecule has 0 aromatic heterocycles. The average Bonchev–Trinajstić information content (AvgIpc) is 2.61. The van der Waals surface area contributed by atoms with E-state index in [0.717, 1.165) is 56.9 Å². The molecule has 0 aliphatic rings. The molecule has 0 saturated carbocycles. The van der Waals surface area contributed by atoms with E-state index in [1.54, 1.807) is 0 Å². The molecule has 5 N–H and O–H groups in total. The van der Waals surface area contributed by atoms with Gasteiger partial charge in [0.1, 0.15) is 5.75 Å². The van der Waals surface area contributed by atoms with Crippen molar-refractivity contribution in [2.24, 2.45) is 11.5 Å². The van der Waals surface area contributed by atoms with Crippen molar-refractivity contribution < 1.29 is 5.11 Å². The first-order valence-corrected chi connectivity index (χ1v) is 10.2. The van der Waals surface area contributed by atoms with Gasteiger partial charge in [-0.05, 0) is 37.3 Å². The van der Waals surface area contributed by atoms with Gasteiger partial charge in [-0.25, -0.2) is 0 Å². The molecule has 0 saturated heterocycles. The van der Waals surface area contributed by atoms with Gasteiger partial charge in [-0.2, -0.15) is 0 Å². The van der Waals surface area contributed by atoms with Crippen molar-refractivity contribution in [3.05, 3.63) is 29.3 Å². The molecule has 1 rings (SSSR count). The molecule has 0 radical (unpaired) electrons. The lowest BCUT2D eigenvalue weighted by atomic mass is 9.69. The van der Waals surface area contributed by atoms with Crippen LogP contribution in [-0.2, 0) is 10.8 Å². The zero-order valence-electron chi connectivity index (χ0n) is 16.9. The first kappa shape index (κ1) is 22.0. The van der Waals surface area contributed by atoms with E-state index in [0.29, 0.717) is 18.8 Å². The number of aromatic hydroxyl groups is 1. The van der Waals surface area contributed by atoms with Gasteiger partial charge in [0.05, 0.1) is 0 Å². The van der Waals surface area contributed by atoms with Gasteiger partial charge in [-0.15, -0.1) is 0 Å². The van der Waals surface area contributed by atoms with Gasteiger partial charge in [-0.3, -0.25) is 0 Å². The largest absolute Gasteiger partial charge is 0.508 e. The van der Waals surface area contributed by atoms with Crippen LogP contribution >= 0.6 is 0 Å². The Morgan fingerprint density at radius 1 is 0.760 bits per heavy atom. The third-order valence-electron chi connectivity index (χ3n) is 5.88. The van der Waals surface area contributed by atoms with Crippen LogP contribution in [0.5, 0.6) is 5.75 Å². The molecule has 0 atom stereocenters. The van der Waals surface area contributed by atoms with Gasteiger partial charge >= 0.3 is 0 Å². The Labute approximate surface area is 155 Å². The molecule has 0 heterocycles. The Bertz CT molecular complexity index is 501.